The minimum absolute atomic E-state index is 0.0789. The van der Waals surface area contributed by atoms with Crippen LogP contribution in [0.15, 0.2) is 35.4 Å². The maximum atomic E-state index is 12.9. The summed E-state index contributed by atoms with van der Waals surface area (Å²) in [6, 6.07) is 4.57. The summed E-state index contributed by atoms with van der Waals surface area (Å²) in [5.41, 5.74) is 0.470. The molecule has 0 bridgehead atoms. The van der Waals surface area contributed by atoms with Gasteiger partial charge in [-0.25, -0.2) is 19.7 Å². The molecular formula is C19H21F3N6O. The molecule has 0 unspecified atom stereocenters. The number of fused-ring (bicyclic) bond motifs is 1. The first-order valence-corrected chi connectivity index (χ1v) is 9.57. The molecule has 4 rings (SSSR count). The van der Waals surface area contributed by atoms with Crippen molar-refractivity contribution >= 4 is 17.1 Å². The third-order valence-corrected chi connectivity index (χ3v) is 5.36. The first-order chi connectivity index (χ1) is 13.9. The molecule has 1 aliphatic rings. The first-order valence-electron chi connectivity index (χ1n) is 9.57. The number of alkyl halides is 3. The molecule has 1 aliphatic heterocycles. The quantitative estimate of drug-likeness (QED) is 0.666. The van der Waals surface area contributed by atoms with Crippen LogP contribution in [0.2, 0.25) is 0 Å². The fourth-order valence-corrected chi connectivity index (χ4v) is 3.85. The predicted octanol–water partition coefficient (Wildman–Crippen LogP) is 2.94. The van der Waals surface area contributed by atoms with Gasteiger partial charge in [0, 0.05) is 38.6 Å². The third-order valence-electron chi connectivity index (χ3n) is 5.36. The third kappa shape index (κ3) is 3.70. The van der Waals surface area contributed by atoms with Gasteiger partial charge in [-0.15, -0.1) is 0 Å². The Kier molecular flexibility index (Phi) is 5.01. The van der Waals surface area contributed by atoms with Crippen molar-refractivity contribution in [2.45, 2.75) is 39.0 Å². The highest BCUT2D eigenvalue weighted by molar-refractivity contribution is 5.71. The van der Waals surface area contributed by atoms with E-state index in [1.807, 2.05) is 19.1 Å². The highest BCUT2D eigenvalue weighted by atomic mass is 19.4. The maximum Gasteiger partial charge on any atom is 0.433 e. The number of hydrogen-bond acceptors (Lipinski definition) is 5. The molecule has 3 aromatic heterocycles. The standard InChI is InChI=1S/C19H21F3N6O/c1-2-27-14-4-3-8-23-16(14)28(18(27)29)12-13-6-10-26(11-7-13)17-24-9-5-15(25-17)19(20,21)22/h3-5,8-9,13H,2,6-7,10-12H2,1H3. The molecule has 154 valence electrons. The molecular weight excluding hydrogens is 385 g/mol. The monoisotopic (exact) mass is 406 g/mol. The number of pyridine rings is 1. The summed E-state index contributed by atoms with van der Waals surface area (Å²) in [7, 11) is 0. The average Bonchev–Trinajstić information content (AvgIpc) is 2.99. The van der Waals surface area contributed by atoms with Crippen LogP contribution in [-0.2, 0) is 19.3 Å². The molecule has 0 saturated carbocycles. The summed E-state index contributed by atoms with van der Waals surface area (Å²) in [5.74, 6) is 0.326. The summed E-state index contributed by atoms with van der Waals surface area (Å²) in [6.45, 7) is 4.11. The van der Waals surface area contributed by atoms with Gasteiger partial charge in [0.2, 0.25) is 5.95 Å². The van der Waals surface area contributed by atoms with Gasteiger partial charge in [-0.2, -0.15) is 13.2 Å². The number of halogens is 3. The molecule has 10 heteroatoms. The van der Waals surface area contributed by atoms with Gasteiger partial charge in [-0.3, -0.25) is 9.13 Å². The van der Waals surface area contributed by atoms with E-state index in [0.717, 1.165) is 30.6 Å². The fourth-order valence-electron chi connectivity index (χ4n) is 3.85. The number of anilines is 1. The molecule has 1 fully saturated rings. The van der Waals surface area contributed by atoms with E-state index in [0.29, 0.717) is 31.8 Å². The van der Waals surface area contributed by atoms with Gasteiger partial charge in [0.1, 0.15) is 5.69 Å². The molecule has 0 N–H and O–H groups in total. The normalized spacial score (nSPS) is 15.9. The van der Waals surface area contributed by atoms with Crippen LogP contribution in [0.25, 0.3) is 11.2 Å². The van der Waals surface area contributed by atoms with E-state index in [9.17, 15) is 18.0 Å². The molecule has 1 saturated heterocycles. The number of nitrogens with zero attached hydrogens (tertiary/aromatic N) is 6. The average molecular weight is 406 g/mol. The Labute approximate surface area is 164 Å². The SMILES string of the molecule is CCn1c(=O)n(CC2CCN(c3nccc(C(F)(F)F)n3)CC2)c2ncccc21. The highest BCUT2D eigenvalue weighted by Gasteiger charge is 2.33. The van der Waals surface area contributed by atoms with E-state index in [2.05, 4.69) is 15.0 Å². The van der Waals surface area contributed by atoms with Gasteiger partial charge in [-0.05, 0) is 43.9 Å². The van der Waals surface area contributed by atoms with Gasteiger partial charge in [-0.1, -0.05) is 0 Å². The molecule has 0 amide bonds. The fraction of sp³-hybridized carbons (Fsp3) is 0.474. The molecule has 4 heterocycles. The van der Waals surface area contributed by atoms with Crippen LogP contribution in [0.3, 0.4) is 0 Å². The zero-order valence-electron chi connectivity index (χ0n) is 15.9. The highest BCUT2D eigenvalue weighted by Crippen LogP contribution is 2.29. The molecule has 0 aromatic carbocycles. The Morgan fingerprint density at radius 1 is 1.10 bits per heavy atom. The summed E-state index contributed by atoms with van der Waals surface area (Å²) < 4.78 is 42.1. The topological polar surface area (TPSA) is 68.8 Å². The van der Waals surface area contributed by atoms with Crippen molar-refractivity contribution in [1.82, 2.24) is 24.1 Å². The second-order valence-corrected chi connectivity index (χ2v) is 7.15. The van der Waals surface area contributed by atoms with Crippen molar-refractivity contribution in [3.8, 4) is 0 Å². The van der Waals surface area contributed by atoms with Gasteiger partial charge in [0.05, 0.1) is 5.52 Å². The number of hydrogen-bond donors (Lipinski definition) is 0. The number of imidazole rings is 1. The Morgan fingerprint density at radius 2 is 1.86 bits per heavy atom. The number of piperidine rings is 1. The lowest BCUT2D eigenvalue weighted by molar-refractivity contribution is -0.141. The summed E-state index contributed by atoms with van der Waals surface area (Å²) in [5, 5.41) is 0. The summed E-state index contributed by atoms with van der Waals surface area (Å²) in [6.07, 6.45) is -0.207. The van der Waals surface area contributed by atoms with E-state index in [4.69, 9.17) is 0 Å². The summed E-state index contributed by atoms with van der Waals surface area (Å²) in [4.78, 5) is 26.6. The Balaban J connectivity index is 1.49. The van der Waals surface area contributed by atoms with Gasteiger partial charge in [0.25, 0.3) is 0 Å². The van der Waals surface area contributed by atoms with E-state index < -0.39 is 11.9 Å². The van der Waals surface area contributed by atoms with Gasteiger partial charge in [0.15, 0.2) is 5.65 Å². The van der Waals surface area contributed by atoms with E-state index in [1.165, 1.54) is 0 Å². The molecule has 0 radical (unpaired) electrons. The predicted molar refractivity (Wildman–Crippen MR) is 102 cm³/mol. The molecule has 7 nitrogen and oxygen atoms in total. The molecule has 3 aromatic rings. The van der Waals surface area contributed by atoms with Crippen LogP contribution in [0.4, 0.5) is 19.1 Å². The van der Waals surface area contributed by atoms with Gasteiger partial charge >= 0.3 is 11.9 Å². The zero-order chi connectivity index (χ0) is 20.6. The Bertz CT molecular complexity index is 1070. The second-order valence-electron chi connectivity index (χ2n) is 7.15. The summed E-state index contributed by atoms with van der Waals surface area (Å²) >= 11 is 0. The molecule has 0 spiro atoms. The minimum atomic E-state index is -4.49. The lowest BCUT2D eigenvalue weighted by Gasteiger charge is -2.32. The van der Waals surface area contributed by atoms with Crippen molar-refractivity contribution in [1.29, 1.82) is 0 Å². The van der Waals surface area contributed by atoms with Crippen molar-refractivity contribution in [3.05, 3.63) is 46.8 Å². The van der Waals surface area contributed by atoms with Crippen molar-refractivity contribution in [3.63, 3.8) is 0 Å². The minimum Gasteiger partial charge on any atom is -0.341 e. The molecule has 0 aliphatic carbocycles. The van der Waals surface area contributed by atoms with Gasteiger partial charge < -0.3 is 4.90 Å². The van der Waals surface area contributed by atoms with Crippen molar-refractivity contribution in [2.24, 2.45) is 5.92 Å². The lowest BCUT2D eigenvalue weighted by Crippen LogP contribution is -2.37. The van der Waals surface area contributed by atoms with E-state index in [-0.39, 0.29) is 17.6 Å². The van der Waals surface area contributed by atoms with E-state index in [1.54, 1.807) is 20.2 Å². The Morgan fingerprint density at radius 3 is 2.55 bits per heavy atom. The van der Waals surface area contributed by atoms with Crippen LogP contribution < -0.4 is 10.6 Å². The number of aromatic nitrogens is 5. The van der Waals surface area contributed by atoms with Crippen LogP contribution in [-0.4, -0.2) is 37.2 Å². The largest absolute Gasteiger partial charge is 0.433 e. The van der Waals surface area contributed by atoms with Crippen LogP contribution in [0, 0.1) is 5.92 Å². The zero-order valence-corrected chi connectivity index (χ0v) is 15.9. The van der Waals surface area contributed by atoms with Crippen LogP contribution in [0.1, 0.15) is 25.5 Å². The van der Waals surface area contributed by atoms with Crippen LogP contribution in [0.5, 0.6) is 0 Å². The van der Waals surface area contributed by atoms with E-state index >= 15 is 0 Å². The number of aryl methyl sites for hydroxylation is 1. The first kappa shape index (κ1) is 19.4. The van der Waals surface area contributed by atoms with Crippen molar-refractivity contribution < 1.29 is 13.2 Å². The number of rotatable bonds is 4. The smallest absolute Gasteiger partial charge is 0.341 e. The van der Waals surface area contributed by atoms with Crippen molar-refractivity contribution in [2.75, 3.05) is 18.0 Å². The lowest BCUT2D eigenvalue weighted by atomic mass is 9.97. The van der Waals surface area contributed by atoms with Crippen LogP contribution >= 0.6 is 0 Å². The Hall–Kier alpha value is -2.91. The second kappa shape index (κ2) is 7.49. The molecule has 29 heavy (non-hydrogen) atoms. The maximum absolute atomic E-state index is 12.9. The molecule has 0 atom stereocenters.